The molecule has 0 N–H and O–H groups in total. The molecule has 0 saturated carbocycles. The van der Waals surface area contributed by atoms with E-state index >= 15 is 0 Å². The highest BCUT2D eigenvalue weighted by Gasteiger charge is 2.19. The van der Waals surface area contributed by atoms with Crippen LogP contribution in [0.3, 0.4) is 0 Å². The molecule has 12 rings (SSSR count). The van der Waals surface area contributed by atoms with Crippen LogP contribution in [0.25, 0.3) is 120 Å². The molecule has 0 atom stereocenters. The van der Waals surface area contributed by atoms with Gasteiger partial charge in [-0.15, -0.1) is 11.3 Å². The quantitative estimate of drug-likeness (QED) is 0.157. The smallest absolute Gasteiger partial charge is 0.164 e. The zero-order valence-corrected chi connectivity index (χ0v) is 33.6. The van der Waals surface area contributed by atoms with Crippen LogP contribution >= 0.6 is 11.3 Å². The molecular formula is C56H34N4S. The van der Waals surface area contributed by atoms with Gasteiger partial charge in [0.25, 0.3) is 0 Å². The standard InChI is InChI=1S/C56H34N4S/c1-3-13-35(14-4-1)36-23-27-39(28-24-36)55-58-54(38-15-5-2-6-16-38)59-56(60-55)40-29-25-37(26-30-40)52-51-47-21-11-12-22-50(47)61-53(51)46-32-31-42(34-49(46)57-52)48-33-41-17-7-8-18-43(41)44-19-9-10-20-45(44)48/h1-34H. The SMILES string of the molecule is c1ccc(-c2ccc(-c3nc(-c4ccccc4)nc(-c4ccc(-c5nc6cc(-c7cc8ccccc8c8ccccc78)ccc6c6sc7ccccc7c56)cc4)n3)cc2)cc1. The summed E-state index contributed by atoms with van der Waals surface area (Å²) in [4.78, 5) is 20.6. The van der Waals surface area contributed by atoms with Crippen molar-refractivity contribution in [1.29, 1.82) is 0 Å². The third kappa shape index (κ3) is 6.14. The number of hydrogen-bond donors (Lipinski definition) is 0. The highest BCUT2D eigenvalue weighted by Crippen LogP contribution is 2.44. The van der Waals surface area contributed by atoms with E-state index in [2.05, 4.69) is 170 Å². The first kappa shape index (κ1) is 35.1. The normalized spacial score (nSPS) is 11.6. The van der Waals surface area contributed by atoms with Crippen LogP contribution in [0.2, 0.25) is 0 Å². The average molecular weight is 795 g/mol. The maximum absolute atomic E-state index is 5.53. The second kappa shape index (κ2) is 14.5. The zero-order valence-electron chi connectivity index (χ0n) is 32.8. The average Bonchev–Trinajstić information content (AvgIpc) is 3.74. The monoisotopic (exact) mass is 794 g/mol. The van der Waals surface area contributed by atoms with Gasteiger partial charge in [0.2, 0.25) is 0 Å². The van der Waals surface area contributed by atoms with Crippen molar-refractivity contribution in [1.82, 2.24) is 19.9 Å². The van der Waals surface area contributed by atoms with Gasteiger partial charge in [0, 0.05) is 47.8 Å². The van der Waals surface area contributed by atoms with Crippen molar-refractivity contribution in [2.45, 2.75) is 0 Å². The van der Waals surface area contributed by atoms with E-state index in [1.807, 2.05) is 47.7 Å². The molecule has 0 aliphatic rings. The van der Waals surface area contributed by atoms with E-state index in [0.29, 0.717) is 17.5 Å². The summed E-state index contributed by atoms with van der Waals surface area (Å²) in [5.74, 6) is 1.88. The van der Waals surface area contributed by atoms with E-state index in [9.17, 15) is 0 Å². The molecule has 0 fully saturated rings. The Morgan fingerprint density at radius 2 is 0.803 bits per heavy atom. The number of rotatable bonds is 6. The maximum atomic E-state index is 5.53. The summed E-state index contributed by atoms with van der Waals surface area (Å²) >= 11 is 1.84. The fraction of sp³-hybridized carbons (Fsp3) is 0. The van der Waals surface area contributed by atoms with Gasteiger partial charge in [-0.25, -0.2) is 19.9 Å². The first-order valence-corrected chi connectivity index (χ1v) is 21.3. The molecule has 0 unspecified atom stereocenters. The minimum Gasteiger partial charge on any atom is -0.247 e. The summed E-state index contributed by atoms with van der Waals surface area (Å²) in [5.41, 5.74) is 10.4. The van der Waals surface area contributed by atoms with Gasteiger partial charge in [0.05, 0.1) is 11.2 Å². The molecule has 0 amide bonds. The van der Waals surface area contributed by atoms with Crippen LogP contribution in [-0.4, -0.2) is 19.9 Å². The van der Waals surface area contributed by atoms with Crippen LogP contribution in [0, 0.1) is 0 Å². The van der Waals surface area contributed by atoms with Crippen LogP contribution < -0.4 is 0 Å². The summed E-state index contributed by atoms with van der Waals surface area (Å²) in [7, 11) is 0. The Kier molecular flexibility index (Phi) is 8.32. The van der Waals surface area contributed by atoms with Crippen molar-refractivity contribution in [3.05, 3.63) is 206 Å². The van der Waals surface area contributed by atoms with Crippen LogP contribution in [0.5, 0.6) is 0 Å². The fourth-order valence-corrected chi connectivity index (χ4v) is 9.94. The van der Waals surface area contributed by atoms with Gasteiger partial charge in [0.1, 0.15) is 0 Å². The highest BCUT2D eigenvalue weighted by molar-refractivity contribution is 7.26. The molecule has 0 spiro atoms. The number of fused-ring (bicyclic) bond motifs is 8. The molecule has 12 aromatic rings. The van der Waals surface area contributed by atoms with Crippen molar-refractivity contribution < 1.29 is 0 Å². The molecule has 0 radical (unpaired) electrons. The van der Waals surface area contributed by atoms with E-state index in [1.54, 1.807) is 0 Å². The topological polar surface area (TPSA) is 51.6 Å². The van der Waals surface area contributed by atoms with Crippen LogP contribution in [0.4, 0.5) is 0 Å². The number of benzene rings is 9. The Morgan fingerprint density at radius 1 is 0.311 bits per heavy atom. The number of thiophene rings is 1. The number of hydrogen-bond acceptors (Lipinski definition) is 5. The van der Waals surface area contributed by atoms with E-state index in [1.165, 1.54) is 52.8 Å². The molecule has 4 nitrogen and oxygen atoms in total. The van der Waals surface area contributed by atoms with Crippen molar-refractivity contribution in [2.24, 2.45) is 0 Å². The Labute approximate surface area is 356 Å². The molecule has 3 heterocycles. The van der Waals surface area contributed by atoms with Gasteiger partial charge in [-0.1, -0.05) is 188 Å². The number of aromatic nitrogens is 4. The van der Waals surface area contributed by atoms with Crippen LogP contribution in [-0.2, 0) is 0 Å². The van der Waals surface area contributed by atoms with Gasteiger partial charge in [0.15, 0.2) is 17.5 Å². The first-order chi connectivity index (χ1) is 30.2. The Hall–Kier alpha value is -7.86. The lowest BCUT2D eigenvalue weighted by Gasteiger charge is -2.13. The van der Waals surface area contributed by atoms with Gasteiger partial charge in [-0.3, -0.25) is 0 Å². The van der Waals surface area contributed by atoms with E-state index < -0.39 is 0 Å². The predicted octanol–water partition coefficient (Wildman–Crippen LogP) is 15.1. The van der Waals surface area contributed by atoms with E-state index in [-0.39, 0.29) is 0 Å². The molecular weight excluding hydrogens is 761 g/mol. The summed E-state index contributed by atoms with van der Waals surface area (Å²) in [6.07, 6.45) is 0. The Morgan fingerprint density at radius 3 is 1.49 bits per heavy atom. The summed E-state index contributed by atoms with van der Waals surface area (Å²) in [6.45, 7) is 0. The van der Waals surface area contributed by atoms with Gasteiger partial charge < -0.3 is 0 Å². The predicted molar refractivity (Wildman–Crippen MR) is 256 cm³/mol. The Balaban J connectivity index is 0.992. The molecule has 5 heteroatoms. The summed E-state index contributed by atoms with van der Waals surface area (Å²) in [6, 6.07) is 72.7. The van der Waals surface area contributed by atoms with Crippen LogP contribution in [0.1, 0.15) is 0 Å². The Bertz CT molecular complexity index is 3620. The number of pyridine rings is 1. The fourth-order valence-electron chi connectivity index (χ4n) is 8.70. The lowest BCUT2D eigenvalue weighted by molar-refractivity contribution is 1.07. The zero-order chi connectivity index (χ0) is 40.3. The van der Waals surface area contributed by atoms with Crippen molar-refractivity contribution in [2.75, 3.05) is 0 Å². The third-order valence-corrected chi connectivity index (χ3v) is 12.9. The summed E-state index contributed by atoms with van der Waals surface area (Å²) < 4.78 is 2.49. The maximum Gasteiger partial charge on any atom is 0.164 e. The highest BCUT2D eigenvalue weighted by atomic mass is 32.1. The number of nitrogens with zero attached hydrogens (tertiary/aromatic N) is 4. The summed E-state index contributed by atoms with van der Waals surface area (Å²) in [5, 5.41) is 8.54. The van der Waals surface area contributed by atoms with Crippen molar-refractivity contribution in [3.63, 3.8) is 0 Å². The lowest BCUT2D eigenvalue weighted by Crippen LogP contribution is -2.00. The van der Waals surface area contributed by atoms with E-state index in [4.69, 9.17) is 19.9 Å². The van der Waals surface area contributed by atoms with E-state index in [0.717, 1.165) is 50.0 Å². The molecule has 0 bridgehead atoms. The molecule has 0 aliphatic carbocycles. The molecule has 0 aliphatic heterocycles. The first-order valence-electron chi connectivity index (χ1n) is 20.5. The van der Waals surface area contributed by atoms with Crippen molar-refractivity contribution >= 4 is 64.0 Å². The van der Waals surface area contributed by atoms with Gasteiger partial charge >= 0.3 is 0 Å². The molecule has 284 valence electrons. The second-order valence-corrected chi connectivity index (χ2v) is 16.4. The minimum atomic E-state index is 0.618. The van der Waals surface area contributed by atoms with Crippen LogP contribution in [0.15, 0.2) is 206 Å². The molecule has 3 aromatic heterocycles. The van der Waals surface area contributed by atoms with Gasteiger partial charge in [-0.05, 0) is 62.0 Å². The largest absolute Gasteiger partial charge is 0.247 e. The lowest BCUT2D eigenvalue weighted by atomic mass is 9.92. The minimum absolute atomic E-state index is 0.618. The van der Waals surface area contributed by atoms with Gasteiger partial charge in [-0.2, -0.15) is 0 Å². The van der Waals surface area contributed by atoms with Crippen molar-refractivity contribution in [3.8, 4) is 67.7 Å². The third-order valence-electron chi connectivity index (χ3n) is 11.7. The molecule has 0 saturated heterocycles. The second-order valence-electron chi connectivity index (χ2n) is 15.4. The molecule has 9 aromatic carbocycles. The molecule has 61 heavy (non-hydrogen) atoms.